The Bertz CT molecular complexity index is 1250. The molecule has 2 unspecified atom stereocenters. The van der Waals surface area contributed by atoms with Crippen LogP contribution >= 0.6 is 23.5 Å². The largest absolute Gasteiger partial charge is 0.298 e. The van der Waals surface area contributed by atoms with Gasteiger partial charge in [0.2, 0.25) is 5.95 Å². The second-order valence-corrected chi connectivity index (χ2v) is 9.01. The molecule has 1 aromatic carbocycles. The van der Waals surface area contributed by atoms with Crippen LogP contribution in [-0.4, -0.2) is 35.0 Å². The predicted octanol–water partition coefficient (Wildman–Crippen LogP) is 5.61. The van der Waals surface area contributed by atoms with E-state index in [1.54, 1.807) is 24.5 Å². The van der Waals surface area contributed by atoms with E-state index < -0.39 is 11.6 Å². The lowest BCUT2D eigenvalue weighted by Crippen LogP contribution is -2.15. The Labute approximate surface area is 198 Å². The smallest absolute Gasteiger partial charge is 0.239 e. The van der Waals surface area contributed by atoms with E-state index in [9.17, 15) is 8.78 Å². The minimum absolute atomic E-state index is 0.0256. The summed E-state index contributed by atoms with van der Waals surface area (Å²) in [6.45, 7) is 5.78. The van der Waals surface area contributed by atoms with Gasteiger partial charge in [0.15, 0.2) is 5.82 Å². The number of pyridine rings is 1. The molecule has 2 atom stereocenters. The number of benzene rings is 1. The minimum atomic E-state index is -0.743. The monoisotopic (exact) mass is 487 g/mol. The van der Waals surface area contributed by atoms with Crippen LogP contribution in [0.5, 0.6) is 0 Å². The first-order valence-corrected chi connectivity index (χ1v) is 11.3. The molecule has 33 heavy (non-hydrogen) atoms. The number of aromatic nitrogens is 6. The standard InChI is InChI=1S/C22H20ClF2N7S/c1-12-6-4-9-18(28-12)21-29-30-22(32(21)19-16(24)7-5-8-17(19)25)31-33-14(3)13(2)20-26-10-15(23)11-27-20/h4-11,13-14H,1-3H3,(H,30,31). The molecule has 0 amide bonds. The highest BCUT2D eigenvalue weighted by atomic mass is 35.5. The molecule has 4 aromatic rings. The van der Waals surface area contributed by atoms with Gasteiger partial charge < -0.3 is 0 Å². The molecular weight excluding hydrogens is 468 g/mol. The number of rotatable bonds is 7. The lowest BCUT2D eigenvalue weighted by Gasteiger charge is -2.19. The van der Waals surface area contributed by atoms with Gasteiger partial charge in [0, 0.05) is 29.3 Å². The van der Waals surface area contributed by atoms with Crippen molar-refractivity contribution in [1.82, 2.24) is 29.7 Å². The van der Waals surface area contributed by atoms with Crippen molar-refractivity contribution in [3.8, 4) is 17.2 Å². The zero-order valence-corrected chi connectivity index (χ0v) is 19.6. The third-order valence-corrected chi connectivity index (χ3v) is 6.31. The fourth-order valence-electron chi connectivity index (χ4n) is 3.11. The summed E-state index contributed by atoms with van der Waals surface area (Å²) in [7, 11) is 0. The molecule has 1 N–H and O–H groups in total. The number of aryl methyl sites for hydroxylation is 1. The summed E-state index contributed by atoms with van der Waals surface area (Å²) in [5.41, 5.74) is 0.898. The highest BCUT2D eigenvalue weighted by Crippen LogP contribution is 2.31. The van der Waals surface area contributed by atoms with E-state index in [4.69, 9.17) is 11.6 Å². The van der Waals surface area contributed by atoms with Crippen LogP contribution in [0.15, 0.2) is 48.8 Å². The van der Waals surface area contributed by atoms with E-state index >= 15 is 0 Å². The molecule has 0 bridgehead atoms. The Morgan fingerprint density at radius 3 is 2.33 bits per heavy atom. The minimum Gasteiger partial charge on any atom is -0.298 e. The van der Waals surface area contributed by atoms with Crippen molar-refractivity contribution < 1.29 is 8.78 Å². The normalized spacial score (nSPS) is 13.0. The lowest BCUT2D eigenvalue weighted by molar-refractivity contribution is 0.570. The molecule has 0 aliphatic heterocycles. The molecule has 0 fully saturated rings. The number of nitrogens with one attached hydrogen (secondary N) is 1. The van der Waals surface area contributed by atoms with Gasteiger partial charge in [-0.3, -0.25) is 9.29 Å². The second kappa shape index (κ2) is 9.80. The molecule has 3 aromatic heterocycles. The summed E-state index contributed by atoms with van der Waals surface area (Å²) in [5.74, 6) is -0.516. The summed E-state index contributed by atoms with van der Waals surface area (Å²) in [4.78, 5) is 13.0. The Balaban J connectivity index is 1.68. The van der Waals surface area contributed by atoms with Crippen molar-refractivity contribution in [3.05, 3.63) is 77.0 Å². The summed E-state index contributed by atoms with van der Waals surface area (Å²) in [5, 5.41) is 8.77. The lowest BCUT2D eigenvalue weighted by atomic mass is 10.1. The molecule has 0 saturated heterocycles. The van der Waals surface area contributed by atoms with E-state index in [2.05, 4.69) is 29.9 Å². The van der Waals surface area contributed by atoms with E-state index in [1.165, 1.54) is 34.7 Å². The quantitative estimate of drug-likeness (QED) is 0.339. The van der Waals surface area contributed by atoms with Crippen molar-refractivity contribution in [3.63, 3.8) is 0 Å². The fraction of sp³-hybridized carbons (Fsp3) is 0.227. The third kappa shape index (κ3) is 4.96. The molecule has 4 rings (SSSR count). The van der Waals surface area contributed by atoms with Crippen LogP contribution in [0, 0.1) is 18.6 Å². The predicted molar refractivity (Wildman–Crippen MR) is 125 cm³/mol. The van der Waals surface area contributed by atoms with Gasteiger partial charge in [0.05, 0.1) is 5.02 Å². The fourth-order valence-corrected chi connectivity index (χ4v) is 3.96. The van der Waals surface area contributed by atoms with Gasteiger partial charge >= 0.3 is 0 Å². The molecule has 0 saturated carbocycles. The Morgan fingerprint density at radius 2 is 1.67 bits per heavy atom. The third-order valence-electron chi connectivity index (χ3n) is 5.03. The summed E-state index contributed by atoms with van der Waals surface area (Å²) in [6.07, 6.45) is 3.09. The van der Waals surface area contributed by atoms with Crippen LogP contribution in [0.2, 0.25) is 5.02 Å². The highest BCUT2D eigenvalue weighted by Gasteiger charge is 2.24. The second-order valence-electron chi connectivity index (χ2n) is 7.39. The van der Waals surface area contributed by atoms with Crippen LogP contribution < -0.4 is 4.72 Å². The van der Waals surface area contributed by atoms with Crippen LogP contribution in [0.1, 0.15) is 31.3 Å². The Hall–Kier alpha value is -3.11. The van der Waals surface area contributed by atoms with E-state index in [-0.39, 0.29) is 28.6 Å². The van der Waals surface area contributed by atoms with Gasteiger partial charge in [-0.05, 0) is 43.1 Å². The molecule has 7 nitrogen and oxygen atoms in total. The summed E-state index contributed by atoms with van der Waals surface area (Å²) >= 11 is 7.19. The van der Waals surface area contributed by atoms with Crippen LogP contribution in [0.4, 0.5) is 14.7 Å². The number of anilines is 1. The molecule has 0 spiro atoms. The average molecular weight is 488 g/mol. The van der Waals surface area contributed by atoms with Crippen molar-refractivity contribution in [2.45, 2.75) is 31.9 Å². The summed E-state index contributed by atoms with van der Waals surface area (Å²) in [6, 6.07) is 9.01. The number of para-hydroxylation sites is 1. The Kier molecular flexibility index (Phi) is 6.85. The number of halogens is 3. The van der Waals surface area contributed by atoms with Crippen molar-refractivity contribution in [2.75, 3.05) is 4.72 Å². The number of hydrogen-bond acceptors (Lipinski definition) is 7. The van der Waals surface area contributed by atoms with E-state index in [0.29, 0.717) is 16.5 Å². The van der Waals surface area contributed by atoms with Crippen LogP contribution in [0.25, 0.3) is 17.2 Å². The van der Waals surface area contributed by atoms with Gasteiger partial charge in [0.1, 0.15) is 28.8 Å². The van der Waals surface area contributed by atoms with Gasteiger partial charge in [-0.2, -0.15) is 0 Å². The average Bonchev–Trinajstić information content (AvgIpc) is 3.21. The molecule has 11 heteroatoms. The molecule has 0 radical (unpaired) electrons. The van der Waals surface area contributed by atoms with Crippen molar-refractivity contribution in [1.29, 1.82) is 0 Å². The maximum absolute atomic E-state index is 14.8. The van der Waals surface area contributed by atoms with Gasteiger partial charge in [0.25, 0.3) is 0 Å². The molecule has 170 valence electrons. The molecule has 0 aliphatic rings. The van der Waals surface area contributed by atoms with Crippen LogP contribution in [-0.2, 0) is 0 Å². The first-order chi connectivity index (χ1) is 15.8. The Morgan fingerprint density at radius 1 is 1.00 bits per heavy atom. The first kappa shape index (κ1) is 23.1. The van der Waals surface area contributed by atoms with Gasteiger partial charge in [-0.15, -0.1) is 10.2 Å². The van der Waals surface area contributed by atoms with Crippen molar-refractivity contribution >= 4 is 29.5 Å². The molecule has 3 heterocycles. The van der Waals surface area contributed by atoms with Gasteiger partial charge in [-0.1, -0.05) is 37.6 Å². The zero-order valence-electron chi connectivity index (χ0n) is 18.0. The van der Waals surface area contributed by atoms with Gasteiger partial charge in [-0.25, -0.2) is 23.7 Å². The SMILES string of the molecule is Cc1cccc(-c2nnc(NSC(C)C(C)c3ncc(Cl)cn3)n2-c2c(F)cccc2F)n1. The number of nitrogens with zero attached hydrogens (tertiary/aromatic N) is 6. The molecular formula is C22H20ClF2N7S. The molecule has 0 aliphatic carbocycles. The summed E-state index contributed by atoms with van der Waals surface area (Å²) < 4.78 is 33.9. The topological polar surface area (TPSA) is 81.4 Å². The number of hydrogen-bond donors (Lipinski definition) is 1. The highest BCUT2D eigenvalue weighted by molar-refractivity contribution is 8.01. The van der Waals surface area contributed by atoms with E-state index in [1.807, 2.05) is 26.8 Å². The maximum Gasteiger partial charge on any atom is 0.239 e. The van der Waals surface area contributed by atoms with Crippen molar-refractivity contribution in [2.24, 2.45) is 0 Å². The maximum atomic E-state index is 14.8. The van der Waals surface area contributed by atoms with E-state index in [0.717, 1.165) is 5.69 Å². The first-order valence-electron chi connectivity index (χ1n) is 10.1. The van der Waals surface area contributed by atoms with Crippen LogP contribution in [0.3, 0.4) is 0 Å². The zero-order chi connectivity index (χ0) is 23.5.